The van der Waals surface area contributed by atoms with Crippen molar-refractivity contribution in [3.05, 3.63) is 85.2 Å². The van der Waals surface area contributed by atoms with Crippen LogP contribution in [-0.2, 0) is 14.1 Å². The summed E-state index contributed by atoms with van der Waals surface area (Å²) in [5.41, 5.74) is 0.449. The van der Waals surface area contributed by atoms with Gasteiger partial charge in [0.2, 0.25) is 5.62 Å². The van der Waals surface area contributed by atoms with E-state index in [0.717, 1.165) is 4.57 Å². The number of aryl methyl sites for hydroxylation is 1. The maximum absolute atomic E-state index is 12.7. The van der Waals surface area contributed by atoms with Gasteiger partial charge in [0.25, 0.3) is 11.2 Å². The first kappa shape index (κ1) is 17.3. The van der Waals surface area contributed by atoms with Crippen molar-refractivity contribution in [2.75, 3.05) is 0 Å². The van der Waals surface area contributed by atoms with E-state index >= 15 is 0 Å². The van der Waals surface area contributed by atoms with Crippen LogP contribution in [0.1, 0.15) is 0 Å². The summed E-state index contributed by atoms with van der Waals surface area (Å²) in [6.07, 6.45) is 1.70. The monoisotopic (exact) mass is 378 g/mol. The van der Waals surface area contributed by atoms with Gasteiger partial charge in [0.05, 0.1) is 16.1 Å². The second-order valence-corrected chi connectivity index (χ2v) is 6.16. The number of rotatable bonds is 2. The van der Waals surface area contributed by atoms with E-state index in [9.17, 15) is 19.7 Å². The van der Waals surface area contributed by atoms with Crippen LogP contribution in [0.3, 0.4) is 0 Å². The fraction of sp³-hybridized carbons (Fsp3) is 0.111. The van der Waals surface area contributed by atoms with Crippen molar-refractivity contribution in [3.8, 4) is 0 Å². The van der Waals surface area contributed by atoms with E-state index in [-0.39, 0.29) is 17.0 Å². The molecular formula is C18H14N6O4. The van der Waals surface area contributed by atoms with Crippen LogP contribution in [0.15, 0.2) is 63.2 Å². The van der Waals surface area contributed by atoms with Crippen molar-refractivity contribution < 1.29 is 4.92 Å². The predicted octanol–water partition coefficient (Wildman–Crippen LogP) is 1.03. The summed E-state index contributed by atoms with van der Waals surface area (Å²) >= 11 is 0. The molecule has 0 N–H and O–H groups in total. The molecule has 0 saturated carbocycles. The second kappa shape index (κ2) is 6.27. The van der Waals surface area contributed by atoms with E-state index in [1.165, 1.54) is 42.9 Å². The highest BCUT2D eigenvalue weighted by atomic mass is 16.6. The Bertz CT molecular complexity index is 1440. The highest BCUT2D eigenvalue weighted by Crippen LogP contribution is 2.17. The summed E-state index contributed by atoms with van der Waals surface area (Å²) in [4.78, 5) is 44.2. The molecule has 3 aromatic heterocycles. The Morgan fingerprint density at radius 3 is 2.43 bits per heavy atom. The molecule has 4 rings (SSSR count). The minimum absolute atomic E-state index is 0.0474. The fourth-order valence-electron chi connectivity index (χ4n) is 3.00. The molecule has 10 nitrogen and oxygen atoms in total. The van der Waals surface area contributed by atoms with Gasteiger partial charge in [-0.3, -0.25) is 28.4 Å². The van der Waals surface area contributed by atoms with Crippen LogP contribution < -0.4 is 16.9 Å². The third-order valence-electron chi connectivity index (χ3n) is 4.46. The second-order valence-electron chi connectivity index (χ2n) is 6.16. The molecule has 1 aromatic carbocycles. The first-order valence-electron chi connectivity index (χ1n) is 8.25. The van der Waals surface area contributed by atoms with E-state index in [1.54, 1.807) is 28.8 Å². The summed E-state index contributed by atoms with van der Waals surface area (Å²) in [5, 5.41) is 11.1. The van der Waals surface area contributed by atoms with Crippen molar-refractivity contribution in [2.24, 2.45) is 19.1 Å². The molecular weight excluding hydrogens is 364 g/mol. The Labute approximate surface area is 156 Å². The van der Waals surface area contributed by atoms with Gasteiger partial charge in [0.1, 0.15) is 5.39 Å². The molecule has 0 bridgehead atoms. The molecule has 4 aromatic rings. The third kappa shape index (κ3) is 2.58. The van der Waals surface area contributed by atoms with Crippen LogP contribution >= 0.6 is 0 Å². The number of aromatic nitrogens is 4. The lowest BCUT2D eigenvalue weighted by atomic mass is 10.2. The zero-order valence-electron chi connectivity index (χ0n) is 14.9. The number of pyridine rings is 1. The molecule has 0 spiro atoms. The molecule has 0 aliphatic heterocycles. The molecule has 0 unspecified atom stereocenters. The number of non-ortho nitro benzene ring substituents is 1. The number of nitro groups is 1. The fourth-order valence-corrected chi connectivity index (χ4v) is 3.00. The Kier molecular flexibility index (Phi) is 3.88. The van der Waals surface area contributed by atoms with Crippen molar-refractivity contribution in [1.82, 2.24) is 18.5 Å². The summed E-state index contributed by atoms with van der Waals surface area (Å²) < 4.78 is 3.96. The Morgan fingerprint density at radius 2 is 1.75 bits per heavy atom. The molecule has 140 valence electrons. The first-order chi connectivity index (χ1) is 13.4. The molecule has 28 heavy (non-hydrogen) atoms. The average molecular weight is 378 g/mol. The summed E-state index contributed by atoms with van der Waals surface area (Å²) in [5.74, 6) is 0. The van der Waals surface area contributed by atoms with Gasteiger partial charge in [-0.1, -0.05) is 6.07 Å². The predicted molar refractivity (Wildman–Crippen MR) is 101 cm³/mol. The Balaban J connectivity index is 2.13. The normalized spacial score (nSPS) is 12.0. The molecule has 0 fully saturated rings. The standard InChI is InChI=1S/C18H14N6O4/c1-21-15-14(16(25)22(2)18(21)26)13-5-3-4-10-23(13)17(20-15)19-11-6-8-12(9-7-11)24(27)28/h3-10H,1-2H3. The highest BCUT2D eigenvalue weighted by Gasteiger charge is 2.14. The van der Waals surface area contributed by atoms with Crippen LogP contribution in [0.5, 0.6) is 0 Å². The van der Waals surface area contributed by atoms with Crippen molar-refractivity contribution in [1.29, 1.82) is 0 Å². The lowest BCUT2D eigenvalue weighted by molar-refractivity contribution is -0.384. The first-order valence-corrected chi connectivity index (χ1v) is 8.25. The minimum atomic E-state index is -0.494. The highest BCUT2D eigenvalue weighted by molar-refractivity contribution is 5.90. The number of nitrogens with zero attached hydrogens (tertiary/aromatic N) is 6. The van der Waals surface area contributed by atoms with Crippen molar-refractivity contribution in [2.45, 2.75) is 0 Å². The molecule has 0 amide bonds. The maximum atomic E-state index is 12.7. The summed E-state index contributed by atoms with van der Waals surface area (Å²) in [7, 11) is 2.95. The SMILES string of the molecule is Cn1c(=O)c2c(nc(=Nc3ccc([N+](=O)[O-])cc3)n3ccccc23)n(C)c1=O. The van der Waals surface area contributed by atoms with Gasteiger partial charge >= 0.3 is 5.69 Å². The zero-order chi connectivity index (χ0) is 20.0. The van der Waals surface area contributed by atoms with E-state index in [0.29, 0.717) is 16.6 Å². The van der Waals surface area contributed by atoms with Crippen LogP contribution in [0.4, 0.5) is 11.4 Å². The van der Waals surface area contributed by atoms with Gasteiger partial charge in [0, 0.05) is 32.4 Å². The minimum Gasteiger partial charge on any atom is -0.285 e. The molecule has 0 saturated heterocycles. The van der Waals surface area contributed by atoms with Crippen molar-refractivity contribution in [3.63, 3.8) is 0 Å². The summed E-state index contributed by atoms with van der Waals surface area (Å²) in [6.45, 7) is 0. The number of hydrogen-bond acceptors (Lipinski definition) is 6. The largest absolute Gasteiger partial charge is 0.332 e. The van der Waals surface area contributed by atoms with Gasteiger partial charge in [-0.05, 0) is 24.3 Å². The number of fused-ring (bicyclic) bond motifs is 3. The lowest BCUT2D eigenvalue weighted by Gasteiger charge is -2.10. The van der Waals surface area contributed by atoms with Crippen LogP contribution in [0.2, 0.25) is 0 Å². The smallest absolute Gasteiger partial charge is 0.285 e. The molecule has 0 radical (unpaired) electrons. The van der Waals surface area contributed by atoms with Crippen LogP contribution in [-0.4, -0.2) is 23.4 Å². The lowest BCUT2D eigenvalue weighted by Crippen LogP contribution is -2.39. The third-order valence-corrected chi connectivity index (χ3v) is 4.46. The molecule has 0 atom stereocenters. The van der Waals surface area contributed by atoms with Gasteiger partial charge < -0.3 is 0 Å². The molecule has 3 heterocycles. The van der Waals surface area contributed by atoms with Gasteiger partial charge in [-0.15, -0.1) is 0 Å². The number of hydrogen-bond donors (Lipinski definition) is 0. The van der Waals surface area contributed by atoms with Crippen molar-refractivity contribution >= 4 is 27.9 Å². The topological polar surface area (TPSA) is 117 Å². The maximum Gasteiger partial charge on any atom is 0.332 e. The summed E-state index contributed by atoms with van der Waals surface area (Å²) in [6, 6.07) is 11.0. The molecule has 0 aliphatic rings. The van der Waals surface area contributed by atoms with E-state index in [1.807, 2.05) is 0 Å². The van der Waals surface area contributed by atoms with Gasteiger partial charge in [-0.2, -0.15) is 4.98 Å². The quantitative estimate of drug-likeness (QED) is 0.293. The molecule has 10 heteroatoms. The average Bonchev–Trinajstić information content (AvgIpc) is 2.71. The zero-order valence-corrected chi connectivity index (χ0v) is 14.9. The van der Waals surface area contributed by atoms with E-state index in [4.69, 9.17) is 0 Å². The number of nitro benzene ring substituents is 1. The Morgan fingerprint density at radius 1 is 1.04 bits per heavy atom. The van der Waals surface area contributed by atoms with Crippen LogP contribution in [0.25, 0.3) is 16.6 Å². The van der Waals surface area contributed by atoms with Gasteiger partial charge in [-0.25, -0.2) is 9.79 Å². The number of benzene rings is 1. The van der Waals surface area contributed by atoms with E-state index in [2.05, 4.69) is 9.98 Å². The van der Waals surface area contributed by atoms with Gasteiger partial charge in [0.15, 0.2) is 5.65 Å². The Hall–Kier alpha value is -4.08. The van der Waals surface area contributed by atoms with Crippen LogP contribution in [0, 0.1) is 10.1 Å². The van der Waals surface area contributed by atoms with E-state index < -0.39 is 16.2 Å². The molecule has 0 aliphatic carbocycles.